The summed E-state index contributed by atoms with van der Waals surface area (Å²) in [6.07, 6.45) is 5.22. The molecule has 0 unspecified atom stereocenters. The molecule has 0 radical (unpaired) electrons. The Morgan fingerprint density at radius 3 is 2.50 bits per heavy atom. The molecular formula is C26H29N7O3. The number of nitrogens with two attached hydrogens (primary N) is 1. The Bertz CT molecular complexity index is 1320. The van der Waals surface area contributed by atoms with E-state index in [1.165, 1.54) is 6.42 Å². The van der Waals surface area contributed by atoms with E-state index in [-0.39, 0.29) is 30.7 Å². The van der Waals surface area contributed by atoms with Crippen LogP contribution in [0.3, 0.4) is 0 Å². The van der Waals surface area contributed by atoms with Crippen LogP contribution in [0.15, 0.2) is 42.5 Å². The third kappa shape index (κ3) is 5.63. The van der Waals surface area contributed by atoms with Crippen molar-refractivity contribution in [2.24, 2.45) is 11.7 Å². The van der Waals surface area contributed by atoms with Crippen LogP contribution in [-0.4, -0.2) is 34.4 Å². The Morgan fingerprint density at radius 2 is 1.83 bits per heavy atom. The van der Waals surface area contributed by atoms with E-state index in [1.54, 1.807) is 46.8 Å². The Kier molecular flexibility index (Phi) is 7.49. The lowest BCUT2D eigenvalue weighted by Crippen LogP contribution is -2.33. The Labute approximate surface area is 209 Å². The van der Waals surface area contributed by atoms with Crippen LogP contribution in [0.5, 0.6) is 0 Å². The highest BCUT2D eigenvalue weighted by molar-refractivity contribution is 6.00. The number of nitrogens with one attached hydrogen (secondary N) is 2. The van der Waals surface area contributed by atoms with Crippen LogP contribution in [0.25, 0.3) is 11.0 Å². The van der Waals surface area contributed by atoms with E-state index in [2.05, 4.69) is 15.6 Å². The summed E-state index contributed by atoms with van der Waals surface area (Å²) >= 11 is 0. The maximum Gasteiger partial charge on any atom is 0.326 e. The molecule has 186 valence electrons. The monoisotopic (exact) mass is 487 g/mol. The number of nitrogens with zero attached hydrogens (tertiary/aromatic N) is 4. The summed E-state index contributed by atoms with van der Waals surface area (Å²) in [6.45, 7) is 0.231. The van der Waals surface area contributed by atoms with E-state index in [0.29, 0.717) is 28.0 Å². The first-order valence-electron chi connectivity index (χ1n) is 12.0. The van der Waals surface area contributed by atoms with Crippen molar-refractivity contribution in [3.05, 3.63) is 48.0 Å². The van der Waals surface area contributed by atoms with Crippen molar-refractivity contribution in [3.63, 3.8) is 0 Å². The van der Waals surface area contributed by atoms with E-state index >= 15 is 0 Å². The van der Waals surface area contributed by atoms with Gasteiger partial charge in [0, 0.05) is 37.3 Å². The molecule has 1 aromatic heterocycles. The molecule has 1 saturated carbocycles. The summed E-state index contributed by atoms with van der Waals surface area (Å²) < 4.78 is 1.71. The minimum atomic E-state index is -0.528. The van der Waals surface area contributed by atoms with Crippen LogP contribution in [0, 0.1) is 17.2 Å². The third-order valence-corrected chi connectivity index (χ3v) is 6.48. The summed E-state index contributed by atoms with van der Waals surface area (Å²) in [6, 6.07) is 13.4. The average Bonchev–Trinajstić information content (AvgIpc) is 3.23. The number of aromatic nitrogens is 2. The first-order chi connectivity index (χ1) is 17.4. The number of carbonyl (C=O) groups is 3. The van der Waals surface area contributed by atoms with E-state index in [4.69, 9.17) is 11.0 Å². The third-order valence-electron chi connectivity index (χ3n) is 6.48. The molecule has 0 spiro atoms. The van der Waals surface area contributed by atoms with Gasteiger partial charge in [-0.1, -0.05) is 19.3 Å². The number of hydrogen-bond donors (Lipinski definition) is 3. The number of rotatable bonds is 7. The molecule has 1 fully saturated rings. The van der Waals surface area contributed by atoms with Crippen molar-refractivity contribution >= 4 is 46.2 Å². The Balaban J connectivity index is 1.57. The van der Waals surface area contributed by atoms with Gasteiger partial charge >= 0.3 is 6.03 Å². The molecule has 36 heavy (non-hydrogen) atoms. The van der Waals surface area contributed by atoms with Crippen molar-refractivity contribution in [3.8, 4) is 6.07 Å². The number of fused-ring (bicyclic) bond motifs is 1. The number of benzene rings is 2. The SMILES string of the molecule is CN(C(=O)C1CCCCC1)c1ccc2c(c1)nc(NC(=O)Nc1ccc(C#N)cc1)n2CCC(N)=O. The van der Waals surface area contributed by atoms with Gasteiger partial charge in [-0.15, -0.1) is 0 Å². The molecule has 3 aromatic rings. The lowest BCUT2D eigenvalue weighted by atomic mass is 9.88. The van der Waals surface area contributed by atoms with Gasteiger partial charge in [0.05, 0.1) is 22.7 Å². The lowest BCUT2D eigenvalue weighted by Gasteiger charge is -2.26. The standard InChI is InChI=1S/C26H29N7O3/c1-32(24(35)18-5-3-2-4-6-18)20-11-12-22-21(15-20)30-25(33(22)14-13-23(28)34)31-26(36)29-19-9-7-17(16-27)8-10-19/h7-12,15,18H,2-6,13-14H2,1H3,(H2,28,34)(H2,29,30,31,36). The smallest absolute Gasteiger partial charge is 0.326 e. The summed E-state index contributed by atoms with van der Waals surface area (Å²) in [4.78, 5) is 43.4. The molecule has 10 nitrogen and oxygen atoms in total. The van der Waals surface area contributed by atoms with E-state index in [0.717, 1.165) is 25.7 Å². The largest absolute Gasteiger partial charge is 0.370 e. The predicted octanol–water partition coefficient (Wildman–Crippen LogP) is 3.97. The zero-order valence-electron chi connectivity index (χ0n) is 20.2. The highest BCUT2D eigenvalue weighted by Crippen LogP contribution is 2.29. The topological polar surface area (TPSA) is 146 Å². The number of imidazole rings is 1. The lowest BCUT2D eigenvalue weighted by molar-refractivity contribution is -0.123. The van der Waals surface area contributed by atoms with Gasteiger partial charge in [-0.05, 0) is 55.3 Å². The van der Waals surface area contributed by atoms with Crippen LogP contribution in [-0.2, 0) is 16.1 Å². The first kappa shape index (κ1) is 24.7. The van der Waals surface area contributed by atoms with E-state index in [1.807, 2.05) is 18.2 Å². The number of aryl methyl sites for hydroxylation is 1. The summed E-state index contributed by atoms with van der Waals surface area (Å²) in [5.74, 6) is -0.0897. The molecule has 4 N–H and O–H groups in total. The Morgan fingerprint density at radius 1 is 1.11 bits per heavy atom. The fourth-order valence-corrected chi connectivity index (χ4v) is 4.51. The summed E-state index contributed by atoms with van der Waals surface area (Å²) in [5.41, 5.74) is 8.35. The van der Waals surface area contributed by atoms with Crippen molar-refractivity contribution in [1.82, 2.24) is 9.55 Å². The molecule has 0 saturated heterocycles. The molecule has 1 aliphatic rings. The highest BCUT2D eigenvalue weighted by Gasteiger charge is 2.25. The fraction of sp³-hybridized carbons (Fsp3) is 0.346. The molecular weight excluding hydrogens is 458 g/mol. The van der Waals surface area contributed by atoms with Crippen molar-refractivity contribution < 1.29 is 14.4 Å². The quantitative estimate of drug-likeness (QED) is 0.461. The zero-order chi connectivity index (χ0) is 25.7. The molecule has 4 amide bonds. The van der Waals surface area contributed by atoms with Crippen LogP contribution in [0.2, 0.25) is 0 Å². The van der Waals surface area contributed by atoms with Gasteiger partial charge in [0.15, 0.2) is 0 Å². The average molecular weight is 488 g/mol. The number of anilines is 3. The second-order valence-electron chi connectivity index (χ2n) is 8.98. The minimum absolute atomic E-state index is 0.0377. The minimum Gasteiger partial charge on any atom is -0.370 e. The number of carbonyl (C=O) groups excluding carboxylic acids is 3. The van der Waals surface area contributed by atoms with Gasteiger partial charge < -0.3 is 20.5 Å². The first-order valence-corrected chi connectivity index (χ1v) is 12.0. The molecule has 0 bridgehead atoms. The second-order valence-corrected chi connectivity index (χ2v) is 8.98. The number of primary amides is 1. The van der Waals surface area contributed by atoms with Gasteiger partial charge in [-0.25, -0.2) is 9.78 Å². The van der Waals surface area contributed by atoms with Gasteiger partial charge in [0.1, 0.15) is 0 Å². The number of urea groups is 1. The molecule has 1 heterocycles. The van der Waals surface area contributed by atoms with Crippen LogP contribution >= 0.6 is 0 Å². The van der Waals surface area contributed by atoms with E-state index < -0.39 is 11.9 Å². The van der Waals surface area contributed by atoms with Crippen molar-refractivity contribution in [2.45, 2.75) is 45.1 Å². The molecule has 1 aliphatic carbocycles. The normalized spacial score (nSPS) is 13.7. The van der Waals surface area contributed by atoms with Crippen molar-refractivity contribution in [1.29, 1.82) is 5.26 Å². The fourth-order valence-electron chi connectivity index (χ4n) is 4.51. The number of hydrogen-bond acceptors (Lipinski definition) is 5. The predicted molar refractivity (Wildman–Crippen MR) is 137 cm³/mol. The van der Waals surface area contributed by atoms with Gasteiger partial charge in [-0.2, -0.15) is 5.26 Å². The van der Waals surface area contributed by atoms with Gasteiger partial charge in [-0.3, -0.25) is 14.9 Å². The molecule has 2 aromatic carbocycles. The number of amides is 4. The van der Waals surface area contributed by atoms with Gasteiger partial charge in [0.25, 0.3) is 0 Å². The molecule has 10 heteroatoms. The zero-order valence-corrected chi connectivity index (χ0v) is 20.2. The maximum absolute atomic E-state index is 13.0. The maximum atomic E-state index is 13.0. The Hall–Kier alpha value is -4.39. The number of nitriles is 1. The second kappa shape index (κ2) is 10.9. The van der Waals surface area contributed by atoms with Gasteiger partial charge in [0.2, 0.25) is 17.8 Å². The van der Waals surface area contributed by atoms with E-state index in [9.17, 15) is 14.4 Å². The van der Waals surface area contributed by atoms with Crippen LogP contribution in [0.4, 0.5) is 22.1 Å². The van der Waals surface area contributed by atoms with Crippen LogP contribution in [0.1, 0.15) is 44.1 Å². The highest BCUT2D eigenvalue weighted by atomic mass is 16.2. The molecule has 0 atom stereocenters. The molecule has 0 aliphatic heterocycles. The summed E-state index contributed by atoms with van der Waals surface area (Å²) in [7, 11) is 1.77. The van der Waals surface area contributed by atoms with Crippen molar-refractivity contribution in [2.75, 3.05) is 22.6 Å². The van der Waals surface area contributed by atoms with Crippen LogP contribution < -0.4 is 21.3 Å². The summed E-state index contributed by atoms with van der Waals surface area (Å²) in [5, 5.41) is 14.4. The molecule has 4 rings (SSSR count).